The van der Waals surface area contributed by atoms with Gasteiger partial charge in [0, 0.05) is 5.92 Å². The van der Waals surface area contributed by atoms with E-state index in [1.807, 2.05) is 67.6 Å². The number of carbonyl (C=O) groups excluding carboxylic acids is 3. The van der Waals surface area contributed by atoms with E-state index >= 15 is 0 Å². The van der Waals surface area contributed by atoms with Crippen LogP contribution in [0, 0.1) is 12.8 Å². The molecule has 3 amide bonds. The molecule has 11 nitrogen and oxygen atoms in total. The SMILES string of the molecule is COc1ccc(/C=C2/CCC[C@@H]3C2=NN(C(=O)CN2N=N[C@@H]4C(=O)N(c5ccc(C)cc5)C(=O)[C@@H]42)[C@@H]3c2ccc(OC)cc2)cc1. The summed E-state index contributed by atoms with van der Waals surface area (Å²) in [5, 5.41) is 16.1. The van der Waals surface area contributed by atoms with Gasteiger partial charge in [-0.25, -0.2) is 9.91 Å². The van der Waals surface area contributed by atoms with Crippen LogP contribution in [0.1, 0.15) is 42.0 Å². The van der Waals surface area contributed by atoms with Crippen molar-refractivity contribution in [3.05, 3.63) is 95.1 Å². The highest BCUT2D eigenvalue weighted by Crippen LogP contribution is 2.45. The van der Waals surface area contributed by atoms with Gasteiger partial charge in [0.25, 0.3) is 17.7 Å². The highest BCUT2D eigenvalue weighted by atomic mass is 16.5. The van der Waals surface area contributed by atoms with Gasteiger partial charge in [-0.2, -0.15) is 10.2 Å². The number of hydrazone groups is 1. The second-order valence-corrected chi connectivity index (χ2v) is 11.9. The zero-order chi connectivity index (χ0) is 31.9. The molecule has 234 valence electrons. The molecule has 46 heavy (non-hydrogen) atoms. The lowest BCUT2D eigenvalue weighted by atomic mass is 9.77. The summed E-state index contributed by atoms with van der Waals surface area (Å²) in [4.78, 5) is 42.1. The lowest BCUT2D eigenvalue weighted by Gasteiger charge is -2.30. The van der Waals surface area contributed by atoms with Crippen molar-refractivity contribution in [1.82, 2.24) is 10.0 Å². The summed E-state index contributed by atoms with van der Waals surface area (Å²) in [7, 11) is 3.26. The van der Waals surface area contributed by atoms with Crippen LogP contribution in [0.25, 0.3) is 6.08 Å². The molecule has 1 aliphatic carbocycles. The number of nitrogens with zero attached hydrogens (tertiary/aromatic N) is 6. The first-order valence-corrected chi connectivity index (χ1v) is 15.4. The highest BCUT2D eigenvalue weighted by molar-refractivity contribution is 6.25. The zero-order valence-electron chi connectivity index (χ0n) is 25.9. The zero-order valence-corrected chi connectivity index (χ0v) is 25.9. The van der Waals surface area contributed by atoms with Gasteiger partial charge in [0.1, 0.15) is 18.0 Å². The number of rotatable bonds is 7. The fourth-order valence-electron chi connectivity index (χ4n) is 6.76. The van der Waals surface area contributed by atoms with E-state index in [2.05, 4.69) is 16.4 Å². The molecule has 0 aromatic heterocycles. The predicted octanol–water partition coefficient (Wildman–Crippen LogP) is 5.13. The molecule has 0 bridgehead atoms. The standard InChI is InChI=1S/C35H34N6O5/c1-21-7-13-25(14-8-21)40-34(43)31-33(35(40)44)39(38-36-31)20-29(42)41-32(23-11-17-27(46-3)18-12-23)28-6-4-5-24(30(28)37-41)19-22-9-15-26(45-2)16-10-22/h7-19,28,31-33H,4-6,20H2,1-3H3/b24-19-/t28-,31+,32-,33-/m1/s1. The van der Waals surface area contributed by atoms with Crippen LogP contribution in [-0.4, -0.2) is 66.3 Å². The summed E-state index contributed by atoms with van der Waals surface area (Å²) >= 11 is 0. The monoisotopic (exact) mass is 618 g/mol. The van der Waals surface area contributed by atoms with Gasteiger partial charge in [-0.3, -0.25) is 19.4 Å². The lowest BCUT2D eigenvalue weighted by molar-refractivity contribution is -0.136. The van der Waals surface area contributed by atoms with Crippen LogP contribution in [0.3, 0.4) is 0 Å². The molecule has 1 saturated heterocycles. The normalized spacial score (nSPS) is 24.4. The lowest BCUT2D eigenvalue weighted by Crippen LogP contribution is -2.45. The van der Waals surface area contributed by atoms with Crippen LogP contribution < -0.4 is 14.4 Å². The quantitative estimate of drug-likeness (QED) is 0.339. The first-order valence-electron chi connectivity index (χ1n) is 15.4. The van der Waals surface area contributed by atoms with Gasteiger partial charge in [0.2, 0.25) is 0 Å². The average Bonchev–Trinajstić information content (AvgIpc) is 3.75. The molecular weight excluding hydrogens is 584 g/mol. The molecular formula is C35H34N6O5. The number of imide groups is 1. The Morgan fingerprint density at radius 1 is 0.891 bits per heavy atom. The first-order chi connectivity index (χ1) is 22.4. The minimum absolute atomic E-state index is 0.0183. The molecule has 4 aliphatic rings. The molecule has 3 aromatic rings. The Labute approximate surface area is 266 Å². The molecule has 3 heterocycles. The Kier molecular flexibility index (Phi) is 7.59. The third kappa shape index (κ3) is 5.11. The summed E-state index contributed by atoms with van der Waals surface area (Å²) in [5.41, 5.74) is 5.41. The predicted molar refractivity (Wildman–Crippen MR) is 171 cm³/mol. The summed E-state index contributed by atoms with van der Waals surface area (Å²) in [6.07, 6.45) is 4.79. The van der Waals surface area contributed by atoms with Gasteiger partial charge in [0.15, 0.2) is 12.1 Å². The number of hydrogen-bond acceptors (Lipinski definition) is 9. The third-order valence-corrected chi connectivity index (χ3v) is 9.12. The van der Waals surface area contributed by atoms with Crippen molar-refractivity contribution >= 4 is 35.2 Å². The number of anilines is 1. The maximum atomic E-state index is 14.2. The number of fused-ring (bicyclic) bond motifs is 2. The van der Waals surface area contributed by atoms with Crippen molar-refractivity contribution in [2.24, 2.45) is 21.4 Å². The van der Waals surface area contributed by atoms with Gasteiger partial charge >= 0.3 is 0 Å². The fourth-order valence-corrected chi connectivity index (χ4v) is 6.76. The maximum absolute atomic E-state index is 14.2. The molecule has 3 aliphatic heterocycles. The summed E-state index contributed by atoms with van der Waals surface area (Å²) in [6, 6.07) is 20.4. The molecule has 11 heteroatoms. The number of benzene rings is 3. The van der Waals surface area contributed by atoms with Crippen molar-refractivity contribution in [2.45, 2.75) is 44.3 Å². The molecule has 3 aromatic carbocycles. The van der Waals surface area contributed by atoms with Crippen LogP contribution in [-0.2, 0) is 14.4 Å². The molecule has 2 fully saturated rings. The molecule has 0 spiro atoms. The van der Waals surface area contributed by atoms with Crippen LogP contribution >= 0.6 is 0 Å². The van der Waals surface area contributed by atoms with Gasteiger partial charge in [-0.05, 0) is 85.4 Å². The summed E-state index contributed by atoms with van der Waals surface area (Å²) in [5.74, 6) is 0.249. The number of hydrogen-bond donors (Lipinski definition) is 0. The van der Waals surface area contributed by atoms with Crippen LogP contribution in [0.2, 0.25) is 0 Å². The van der Waals surface area contributed by atoms with Crippen molar-refractivity contribution in [3.8, 4) is 11.5 Å². The van der Waals surface area contributed by atoms with Crippen molar-refractivity contribution < 1.29 is 23.9 Å². The van der Waals surface area contributed by atoms with Gasteiger partial charge in [0.05, 0.1) is 31.7 Å². The van der Waals surface area contributed by atoms with E-state index in [4.69, 9.17) is 14.6 Å². The minimum atomic E-state index is -0.995. The fraction of sp³-hybridized carbons (Fsp3) is 0.314. The van der Waals surface area contributed by atoms with E-state index in [1.54, 1.807) is 26.4 Å². The topological polar surface area (TPSA) is 116 Å². The van der Waals surface area contributed by atoms with E-state index in [1.165, 1.54) is 10.0 Å². The molecule has 0 N–H and O–H groups in total. The van der Waals surface area contributed by atoms with E-state index in [-0.39, 0.29) is 24.4 Å². The number of allylic oxidation sites excluding steroid dienone is 1. The Hall–Kier alpha value is -5.32. The van der Waals surface area contributed by atoms with Gasteiger partial charge in [-0.15, -0.1) is 0 Å². The first kappa shape index (κ1) is 29.4. The van der Waals surface area contributed by atoms with Crippen molar-refractivity contribution in [1.29, 1.82) is 0 Å². The van der Waals surface area contributed by atoms with Gasteiger partial charge in [-0.1, -0.05) is 47.2 Å². The van der Waals surface area contributed by atoms with Crippen LogP contribution in [0.5, 0.6) is 11.5 Å². The van der Waals surface area contributed by atoms with E-state index in [0.717, 1.165) is 63.6 Å². The Bertz CT molecular complexity index is 1770. The largest absolute Gasteiger partial charge is 0.497 e. The second-order valence-electron chi connectivity index (χ2n) is 11.9. The van der Waals surface area contributed by atoms with Gasteiger partial charge < -0.3 is 9.47 Å². The van der Waals surface area contributed by atoms with Crippen molar-refractivity contribution in [3.63, 3.8) is 0 Å². The number of amides is 3. The highest BCUT2D eigenvalue weighted by Gasteiger charge is 2.55. The average molecular weight is 619 g/mol. The summed E-state index contributed by atoms with van der Waals surface area (Å²) < 4.78 is 10.7. The number of methoxy groups -OCH3 is 2. The minimum Gasteiger partial charge on any atom is -0.497 e. The number of ether oxygens (including phenoxy) is 2. The van der Waals surface area contributed by atoms with E-state index in [0.29, 0.717) is 5.69 Å². The second kappa shape index (κ2) is 11.9. The number of carbonyl (C=O) groups is 3. The number of aryl methyl sites for hydroxylation is 1. The van der Waals surface area contributed by atoms with E-state index < -0.39 is 23.9 Å². The van der Waals surface area contributed by atoms with Crippen LogP contribution in [0.15, 0.2) is 93.8 Å². The Balaban J connectivity index is 1.18. The maximum Gasteiger partial charge on any atom is 0.264 e. The molecule has 0 radical (unpaired) electrons. The summed E-state index contributed by atoms with van der Waals surface area (Å²) in [6.45, 7) is 1.68. The van der Waals surface area contributed by atoms with Crippen molar-refractivity contribution in [2.75, 3.05) is 25.7 Å². The third-order valence-electron chi connectivity index (χ3n) is 9.12. The van der Waals surface area contributed by atoms with Crippen LogP contribution in [0.4, 0.5) is 5.69 Å². The Morgan fingerprint density at radius 2 is 1.57 bits per heavy atom. The molecule has 0 unspecified atom stereocenters. The molecule has 4 atom stereocenters. The molecule has 1 saturated carbocycles. The van der Waals surface area contributed by atoms with E-state index in [9.17, 15) is 14.4 Å². The Morgan fingerprint density at radius 3 is 2.24 bits per heavy atom. The smallest absolute Gasteiger partial charge is 0.264 e. The molecule has 7 rings (SSSR count).